The molecule has 0 amide bonds. The maximum Gasteiger partial charge on any atom is 0.293 e. The topological polar surface area (TPSA) is 115 Å². The fraction of sp³-hybridized carbons (Fsp3) is 0.500. The third-order valence-corrected chi connectivity index (χ3v) is 5.86. The Morgan fingerprint density at radius 2 is 2.03 bits per heavy atom. The predicted octanol–water partition coefficient (Wildman–Crippen LogP) is 1.77. The molecule has 1 fully saturated rings. The number of anilines is 1. The first kappa shape index (κ1) is 24.1. The van der Waals surface area contributed by atoms with Gasteiger partial charge in [0.1, 0.15) is 0 Å². The van der Waals surface area contributed by atoms with E-state index in [1.807, 2.05) is 12.1 Å². The lowest BCUT2D eigenvalue weighted by Gasteiger charge is -2.17. The summed E-state index contributed by atoms with van der Waals surface area (Å²) < 4.78 is 12.5. The molecule has 1 atom stereocenters. The van der Waals surface area contributed by atoms with Crippen molar-refractivity contribution in [1.29, 1.82) is 0 Å². The molecule has 1 aliphatic rings. The minimum Gasteiger partial charge on any atom is -0.481 e. The zero-order chi connectivity index (χ0) is 23.9. The molecule has 1 aliphatic heterocycles. The third kappa shape index (κ3) is 5.69. The number of nitrogens with one attached hydrogen (secondary N) is 1. The molecule has 34 heavy (non-hydrogen) atoms. The van der Waals surface area contributed by atoms with Crippen LogP contribution in [0.25, 0.3) is 22.3 Å². The maximum atomic E-state index is 13.3. The number of rotatable bonds is 11. The van der Waals surface area contributed by atoms with E-state index in [1.165, 1.54) is 0 Å². The van der Waals surface area contributed by atoms with E-state index >= 15 is 0 Å². The van der Waals surface area contributed by atoms with Gasteiger partial charge in [0.25, 0.3) is 5.56 Å². The number of methoxy groups -OCH3 is 1. The summed E-state index contributed by atoms with van der Waals surface area (Å²) in [6, 6.07) is 5.60. The van der Waals surface area contributed by atoms with Gasteiger partial charge in [0, 0.05) is 68.9 Å². The van der Waals surface area contributed by atoms with E-state index in [9.17, 15) is 9.90 Å². The van der Waals surface area contributed by atoms with E-state index in [2.05, 4.69) is 32.1 Å². The third-order valence-electron chi connectivity index (χ3n) is 5.86. The normalized spacial score (nSPS) is 16.3. The van der Waals surface area contributed by atoms with Crippen LogP contribution >= 0.6 is 0 Å². The number of hydrogen-bond donors (Lipinski definition) is 2. The highest BCUT2D eigenvalue weighted by Crippen LogP contribution is 2.23. The number of aromatic nitrogens is 4. The second-order valence-corrected chi connectivity index (χ2v) is 8.36. The molecule has 0 aromatic carbocycles. The smallest absolute Gasteiger partial charge is 0.293 e. The Kier molecular flexibility index (Phi) is 8.04. The van der Waals surface area contributed by atoms with Gasteiger partial charge in [-0.25, -0.2) is 15.0 Å². The molecule has 4 heterocycles. The van der Waals surface area contributed by atoms with Crippen LogP contribution in [0.3, 0.4) is 0 Å². The van der Waals surface area contributed by atoms with Gasteiger partial charge in [-0.3, -0.25) is 14.3 Å². The lowest BCUT2D eigenvalue weighted by Crippen LogP contribution is -2.31. The van der Waals surface area contributed by atoms with Crippen LogP contribution in [0.5, 0.6) is 5.88 Å². The molecule has 3 aromatic rings. The quantitative estimate of drug-likeness (QED) is 0.406. The SMILES string of the molecule is CCCOCCn1c(=O)c(NCCN2CC[C@H](O)C2)nc2ncc(-c3ccc(OC)nc3)cc21. The fourth-order valence-electron chi connectivity index (χ4n) is 4.04. The Hall–Kier alpha value is -3.08. The van der Waals surface area contributed by atoms with Crippen molar-refractivity contribution in [2.45, 2.75) is 32.4 Å². The maximum absolute atomic E-state index is 13.3. The molecule has 0 unspecified atom stereocenters. The molecule has 3 aromatic heterocycles. The first-order valence-corrected chi connectivity index (χ1v) is 11.7. The van der Waals surface area contributed by atoms with E-state index in [4.69, 9.17) is 9.47 Å². The average molecular weight is 469 g/mol. The van der Waals surface area contributed by atoms with Crippen molar-refractivity contribution in [2.24, 2.45) is 0 Å². The number of β-amino-alcohol motifs (C(OH)–C–C–N with tert-alkyl or cyclic N) is 1. The van der Waals surface area contributed by atoms with Crippen LogP contribution in [0, 0.1) is 0 Å². The van der Waals surface area contributed by atoms with E-state index < -0.39 is 0 Å². The van der Waals surface area contributed by atoms with Gasteiger partial charge in [-0.1, -0.05) is 6.92 Å². The van der Waals surface area contributed by atoms with Gasteiger partial charge in [-0.2, -0.15) is 0 Å². The first-order chi connectivity index (χ1) is 16.6. The van der Waals surface area contributed by atoms with Crippen molar-refractivity contribution < 1.29 is 14.6 Å². The Morgan fingerprint density at radius 3 is 2.74 bits per heavy atom. The highest BCUT2D eigenvalue weighted by molar-refractivity contribution is 5.78. The predicted molar refractivity (Wildman–Crippen MR) is 130 cm³/mol. The molecule has 4 rings (SSSR count). The van der Waals surface area contributed by atoms with Crippen LogP contribution < -0.4 is 15.6 Å². The second kappa shape index (κ2) is 11.4. The zero-order valence-corrected chi connectivity index (χ0v) is 19.7. The summed E-state index contributed by atoms with van der Waals surface area (Å²) in [5.41, 5.74) is 2.62. The number of pyridine rings is 2. The van der Waals surface area contributed by atoms with Gasteiger partial charge in [0.15, 0.2) is 11.5 Å². The van der Waals surface area contributed by atoms with Crippen molar-refractivity contribution in [3.63, 3.8) is 0 Å². The van der Waals surface area contributed by atoms with Crippen molar-refractivity contribution in [2.75, 3.05) is 51.8 Å². The minimum atomic E-state index is -0.265. The Bertz CT molecular complexity index is 1150. The van der Waals surface area contributed by atoms with Gasteiger partial charge < -0.3 is 19.9 Å². The lowest BCUT2D eigenvalue weighted by atomic mass is 10.1. The molecule has 0 radical (unpaired) electrons. The van der Waals surface area contributed by atoms with Crippen molar-refractivity contribution in [3.05, 3.63) is 40.9 Å². The Labute approximate surface area is 198 Å². The summed E-state index contributed by atoms with van der Waals surface area (Å²) in [4.78, 5) is 28.8. The molecule has 0 bridgehead atoms. The zero-order valence-electron chi connectivity index (χ0n) is 19.7. The van der Waals surface area contributed by atoms with E-state index in [0.717, 1.165) is 37.1 Å². The molecule has 10 nitrogen and oxygen atoms in total. The summed E-state index contributed by atoms with van der Waals surface area (Å²) >= 11 is 0. The summed E-state index contributed by atoms with van der Waals surface area (Å²) in [5, 5.41) is 12.9. The first-order valence-electron chi connectivity index (χ1n) is 11.7. The van der Waals surface area contributed by atoms with Crippen LogP contribution in [0.15, 0.2) is 35.4 Å². The van der Waals surface area contributed by atoms with Crippen molar-refractivity contribution in [3.8, 4) is 17.0 Å². The van der Waals surface area contributed by atoms with Gasteiger partial charge >= 0.3 is 0 Å². The summed E-state index contributed by atoms with van der Waals surface area (Å²) in [7, 11) is 1.57. The number of fused-ring (bicyclic) bond motifs is 1. The van der Waals surface area contributed by atoms with E-state index in [-0.39, 0.29) is 17.5 Å². The number of ether oxygens (including phenoxy) is 2. The van der Waals surface area contributed by atoms with Crippen LogP contribution in [0.2, 0.25) is 0 Å². The highest BCUT2D eigenvalue weighted by Gasteiger charge is 2.20. The molecule has 2 N–H and O–H groups in total. The number of likely N-dealkylation sites (tertiary alicyclic amines) is 1. The molecule has 0 saturated carbocycles. The number of aliphatic hydroxyl groups excluding tert-OH is 1. The Morgan fingerprint density at radius 1 is 1.18 bits per heavy atom. The molecule has 182 valence electrons. The number of nitrogens with zero attached hydrogens (tertiary/aromatic N) is 5. The standard InChI is InChI=1S/C24H32N6O4/c1-3-11-34-12-10-30-20-13-18(17-4-5-21(33-2)26-14-17)15-27-22(20)28-23(24(30)32)25-7-9-29-8-6-19(31)16-29/h4-5,13-15,19,31H,3,6-12,16H2,1-2H3,(H,25,27,28)/t19-/m0/s1. The Balaban J connectivity index is 1.61. The summed E-state index contributed by atoms with van der Waals surface area (Å²) in [5.74, 6) is 0.803. The summed E-state index contributed by atoms with van der Waals surface area (Å²) in [6.45, 7) is 6.33. The molecule has 10 heteroatoms. The number of hydrogen-bond acceptors (Lipinski definition) is 9. The second-order valence-electron chi connectivity index (χ2n) is 8.36. The minimum absolute atomic E-state index is 0.208. The molecular weight excluding hydrogens is 436 g/mol. The molecular formula is C24H32N6O4. The van der Waals surface area contributed by atoms with Crippen molar-refractivity contribution in [1.82, 2.24) is 24.4 Å². The van der Waals surface area contributed by atoms with E-state index in [1.54, 1.807) is 30.1 Å². The van der Waals surface area contributed by atoms with Crippen LogP contribution in [0.1, 0.15) is 19.8 Å². The van der Waals surface area contributed by atoms with Crippen LogP contribution in [-0.2, 0) is 11.3 Å². The average Bonchev–Trinajstić information content (AvgIpc) is 3.28. The lowest BCUT2D eigenvalue weighted by molar-refractivity contribution is 0.127. The molecule has 1 saturated heterocycles. The van der Waals surface area contributed by atoms with Gasteiger partial charge in [-0.05, 0) is 25.0 Å². The summed E-state index contributed by atoms with van der Waals surface area (Å²) in [6.07, 6.45) is 4.89. The van der Waals surface area contributed by atoms with Gasteiger partial charge in [0.05, 0.1) is 25.3 Å². The van der Waals surface area contributed by atoms with Crippen molar-refractivity contribution >= 4 is 17.0 Å². The highest BCUT2D eigenvalue weighted by atomic mass is 16.5. The molecule has 0 spiro atoms. The molecule has 0 aliphatic carbocycles. The van der Waals surface area contributed by atoms with Crippen LogP contribution in [-0.4, -0.2) is 82.1 Å². The van der Waals surface area contributed by atoms with E-state index in [0.29, 0.717) is 49.9 Å². The largest absolute Gasteiger partial charge is 0.481 e. The van der Waals surface area contributed by atoms with Gasteiger partial charge in [-0.15, -0.1) is 0 Å². The van der Waals surface area contributed by atoms with Gasteiger partial charge in [0.2, 0.25) is 5.88 Å². The van der Waals surface area contributed by atoms with Crippen LogP contribution in [0.4, 0.5) is 5.82 Å². The monoisotopic (exact) mass is 468 g/mol. The number of aliphatic hydroxyl groups is 1. The fourth-order valence-corrected chi connectivity index (χ4v) is 4.04.